The summed E-state index contributed by atoms with van der Waals surface area (Å²) in [6.07, 6.45) is 3.41. The second-order valence-corrected chi connectivity index (χ2v) is 6.72. The second kappa shape index (κ2) is 9.51. The molecular formula is C20H23F2N3O4. The number of nitrogens with one attached hydrogen (secondary N) is 1. The molecule has 0 aliphatic carbocycles. The van der Waals surface area contributed by atoms with Crippen LogP contribution in [-0.4, -0.2) is 54.7 Å². The van der Waals surface area contributed by atoms with E-state index in [9.17, 15) is 18.4 Å². The Bertz CT molecular complexity index is 848. The largest absolute Gasteiger partial charge is 0.464 e. The molecule has 0 unspecified atom stereocenters. The average molecular weight is 407 g/mol. The van der Waals surface area contributed by atoms with Gasteiger partial charge in [0.2, 0.25) is 5.91 Å². The van der Waals surface area contributed by atoms with Gasteiger partial charge in [0.1, 0.15) is 11.4 Å². The molecule has 0 atom stereocenters. The Morgan fingerprint density at radius 2 is 1.90 bits per heavy atom. The van der Waals surface area contributed by atoms with E-state index < -0.39 is 6.61 Å². The number of ether oxygens (including phenoxy) is 2. The number of methoxy groups -OCH3 is 1. The van der Waals surface area contributed by atoms with Crippen molar-refractivity contribution >= 4 is 17.6 Å². The number of carbonyl (C=O) groups excluding carboxylic acids is 2. The van der Waals surface area contributed by atoms with E-state index in [-0.39, 0.29) is 35.9 Å². The van der Waals surface area contributed by atoms with Crippen molar-refractivity contribution in [2.24, 2.45) is 0 Å². The van der Waals surface area contributed by atoms with Gasteiger partial charge in [-0.25, -0.2) is 4.79 Å². The number of piperidine rings is 1. The Kier molecular flexibility index (Phi) is 6.82. The van der Waals surface area contributed by atoms with E-state index in [1.807, 2.05) is 21.7 Å². The molecule has 2 aromatic rings. The van der Waals surface area contributed by atoms with E-state index >= 15 is 0 Å². The minimum atomic E-state index is -2.96. The van der Waals surface area contributed by atoms with Gasteiger partial charge in [0.05, 0.1) is 19.3 Å². The van der Waals surface area contributed by atoms with Crippen molar-refractivity contribution in [1.82, 2.24) is 9.47 Å². The third-order valence-electron chi connectivity index (χ3n) is 4.87. The zero-order chi connectivity index (χ0) is 20.8. The minimum absolute atomic E-state index is 0.0718. The monoisotopic (exact) mass is 407 g/mol. The molecule has 1 amide bonds. The molecule has 9 heteroatoms. The number of hydrogen-bond acceptors (Lipinski definition) is 5. The fraction of sp³-hybridized carbons (Fsp3) is 0.400. The predicted molar refractivity (Wildman–Crippen MR) is 102 cm³/mol. The molecule has 1 aromatic heterocycles. The van der Waals surface area contributed by atoms with Crippen molar-refractivity contribution < 1.29 is 27.8 Å². The van der Waals surface area contributed by atoms with Crippen molar-refractivity contribution in [3.05, 3.63) is 48.3 Å². The summed E-state index contributed by atoms with van der Waals surface area (Å²) in [5, 5.41) is 2.63. The molecule has 0 radical (unpaired) electrons. The van der Waals surface area contributed by atoms with Gasteiger partial charge < -0.3 is 19.4 Å². The van der Waals surface area contributed by atoms with E-state index in [4.69, 9.17) is 4.74 Å². The summed E-state index contributed by atoms with van der Waals surface area (Å²) in [6, 6.07) is 9.77. The number of esters is 1. The molecule has 1 fully saturated rings. The zero-order valence-corrected chi connectivity index (χ0v) is 16.0. The van der Waals surface area contributed by atoms with Gasteiger partial charge in [-0.05, 0) is 37.1 Å². The van der Waals surface area contributed by atoms with Crippen LogP contribution in [-0.2, 0) is 9.53 Å². The van der Waals surface area contributed by atoms with Gasteiger partial charge in [-0.1, -0.05) is 12.1 Å². The number of anilines is 1. The van der Waals surface area contributed by atoms with Crippen molar-refractivity contribution in [2.45, 2.75) is 25.5 Å². The highest BCUT2D eigenvalue weighted by Gasteiger charge is 2.25. The summed E-state index contributed by atoms with van der Waals surface area (Å²) in [5.41, 5.74) is 0.724. The van der Waals surface area contributed by atoms with Crippen molar-refractivity contribution in [3.8, 4) is 5.75 Å². The molecule has 0 spiro atoms. The van der Waals surface area contributed by atoms with Crippen LogP contribution in [0.4, 0.5) is 14.5 Å². The van der Waals surface area contributed by atoms with Crippen molar-refractivity contribution in [2.75, 3.05) is 32.1 Å². The molecule has 7 nitrogen and oxygen atoms in total. The molecule has 2 heterocycles. The molecule has 1 N–H and O–H groups in total. The van der Waals surface area contributed by atoms with E-state index in [0.717, 1.165) is 12.8 Å². The van der Waals surface area contributed by atoms with Crippen LogP contribution in [0.1, 0.15) is 29.4 Å². The Morgan fingerprint density at radius 1 is 1.17 bits per heavy atom. The second-order valence-electron chi connectivity index (χ2n) is 6.72. The smallest absolute Gasteiger partial charge is 0.387 e. The molecular weight excluding hydrogens is 384 g/mol. The maximum Gasteiger partial charge on any atom is 0.387 e. The van der Waals surface area contributed by atoms with Crippen LogP contribution in [0.5, 0.6) is 5.75 Å². The first-order valence-electron chi connectivity index (χ1n) is 9.29. The summed E-state index contributed by atoms with van der Waals surface area (Å²) in [7, 11) is 1.35. The Labute approximate surface area is 167 Å². The summed E-state index contributed by atoms with van der Waals surface area (Å²) in [4.78, 5) is 26.2. The zero-order valence-electron chi connectivity index (χ0n) is 16.0. The van der Waals surface area contributed by atoms with Crippen LogP contribution >= 0.6 is 0 Å². The normalized spacial score (nSPS) is 15.3. The number of para-hydroxylation sites is 2. The first-order chi connectivity index (χ1) is 14.0. The van der Waals surface area contributed by atoms with Gasteiger partial charge in [-0.2, -0.15) is 8.78 Å². The Balaban J connectivity index is 1.53. The number of nitrogens with zero attached hydrogens (tertiary/aromatic N) is 2. The van der Waals surface area contributed by atoms with E-state index in [2.05, 4.69) is 10.1 Å². The molecule has 156 valence electrons. The molecule has 1 aliphatic heterocycles. The number of rotatable bonds is 7. The molecule has 3 rings (SSSR count). The van der Waals surface area contributed by atoms with Crippen molar-refractivity contribution in [3.63, 3.8) is 0 Å². The van der Waals surface area contributed by atoms with Crippen molar-refractivity contribution in [1.29, 1.82) is 0 Å². The number of halogens is 2. The predicted octanol–water partition coefficient (Wildman–Crippen LogP) is 3.15. The van der Waals surface area contributed by atoms with Gasteiger partial charge in [0, 0.05) is 25.3 Å². The molecule has 0 saturated carbocycles. The first kappa shape index (κ1) is 20.8. The number of aromatic nitrogens is 1. The van der Waals surface area contributed by atoms with Crippen LogP contribution in [0.2, 0.25) is 0 Å². The lowest BCUT2D eigenvalue weighted by molar-refractivity contribution is -0.117. The SMILES string of the molecule is COC(=O)c1cccn1C1CCN(CC(=O)Nc2ccccc2OC(F)F)CC1. The standard InChI is InChI=1S/C20H23F2N3O4/c1-28-19(27)16-6-4-10-25(16)14-8-11-24(12-9-14)13-18(26)23-15-5-2-3-7-17(15)29-20(21)22/h2-7,10,14,20H,8-9,11-13H2,1H3,(H,23,26). The van der Waals surface area contributed by atoms with Crippen LogP contribution in [0.3, 0.4) is 0 Å². The quantitative estimate of drug-likeness (QED) is 0.714. The fourth-order valence-corrected chi connectivity index (χ4v) is 3.51. The van der Waals surface area contributed by atoms with Gasteiger partial charge in [-0.3, -0.25) is 9.69 Å². The van der Waals surface area contributed by atoms with Crippen LogP contribution < -0.4 is 10.1 Å². The molecule has 0 bridgehead atoms. The Hall–Kier alpha value is -2.94. The van der Waals surface area contributed by atoms with Crippen LogP contribution in [0, 0.1) is 0 Å². The summed E-state index contributed by atoms with van der Waals surface area (Å²) < 4.78 is 36.1. The van der Waals surface area contributed by atoms with Crippen LogP contribution in [0.25, 0.3) is 0 Å². The maximum atomic E-state index is 12.5. The van der Waals surface area contributed by atoms with E-state index in [1.165, 1.54) is 19.2 Å². The number of alkyl halides is 2. The van der Waals surface area contributed by atoms with Gasteiger partial charge in [0.25, 0.3) is 0 Å². The highest BCUT2D eigenvalue weighted by atomic mass is 19.3. The third kappa shape index (κ3) is 5.32. The number of likely N-dealkylation sites (tertiary alicyclic amines) is 1. The first-order valence-corrected chi connectivity index (χ1v) is 9.29. The lowest BCUT2D eigenvalue weighted by Gasteiger charge is -2.32. The summed E-state index contributed by atoms with van der Waals surface area (Å²) >= 11 is 0. The third-order valence-corrected chi connectivity index (χ3v) is 4.87. The number of benzene rings is 1. The van der Waals surface area contributed by atoms with Gasteiger partial charge in [0.15, 0.2) is 0 Å². The van der Waals surface area contributed by atoms with Crippen LogP contribution in [0.15, 0.2) is 42.6 Å². The minimum Gasteiger partial charge on any atom is -0.464 e. The van der Waals surface area contributed by atoms with E-state index in [1.54, 1.807) is 18.2 Å². The molecule has 29 heavy (non-hydrogen) atoms. The number of carbonyl (C=O) groups is 2. The topological polar surface area (TPSA) is 72.8 Å². The highest BCUT2D eigenvalue weighted by molar-refractivity contribution is 5.93. The maximum absolute atomic E-state index is 12.5. The molecule has 1 aliphatic rings. The van der Waals surface area contributed by atoms with Gasteiger partial charge in [-0.15, -0.1) is 0 Å². The van der Waals surface area contributed by atoms with E-state index in [0.29, 0.717) is 18.8 Å². The van der Waals surface area contributed by atoms with Gasteiger partial charge >= 0.3 is 12.6 Å². The lowest BCUT2D eigenvalue weighted by Crippen LogP contribution is -2.40. The number of hydrogen-bond donors (Lipinski definition) is 1. The summed E-state index contributed by atoms with van der Waals surface area (Å²) in [6.45, 7) is -1.47. The molecule has 1 saturated heterocycles. The average Bonchev–Trinajstić information content (AvgIpc) is 3.19. The fourth-order valence-electron chi connectivity index (χ4n) is 3.51. The highest BCUT2D eigenvalue weighted by Crippen LogP contribution is 2.27. The Morgan fingerprint density at radius 3 is 2.59 bits per heavy atom. The molecule has 1 aromatic carbocycles. The lowest BCUT2D eigenvalue weighted by atomic mass is 10.0. The summed E-state index contributed by atoms with van der Waals surface area (Å²) in [5.74, 6) is -0.746. The number of amides is 1.